The van der Waals surface area contributed by atoms with Gasteiger partial charge in [-0.05, 0) is 32.3 Å². The van der Waals surface area contributed by atoms with Crippen molar-refractivity contribution in [1.29, 1.82) is 0 Å². The molecule has 0 aliphatic heterocycles. The van der Waals surface area contributed by atoms with Crippen LogP contribution in [0.5, 0.6) is 0 Å². The van der Waals surface area contributed by atoms with Gasteiger partial charge in [0.15, 0.2) is 0 Å². The first-order valence-electron chi connectivity index (χ1n) is 5.15. The second-order valence-electron chi connectivity index (χ2n) is 3.64. The quantitative estimate of drug-likeness (QED) is 0.312. The fourth-order valence-electron chi connectivity index (χ4n) is 1.24. The summed E-state index contributed by atoms with van der Waals surface area (Å²) in [6.45, 7) is 11.4. The van der Waals surface area contributed by atoms with Crippen molar-refractivity contribution in [1.82, 2.24) is 0 Å². The molecule has 0 aliphatic rings. The molecule has 0 heterocycles. The van der Waals surface area contributed by atoms with Crippen LogP contribution in [-0.4, -0.2) is 10.9 Å². The van der Waals surface area contributed by atoms with Crippen molar-refractivity contribution in [2.45, 2.75) is 26.7 Å². The van der Waals surface area contributed by atoms with Gasteiger partial charge >= 0.3 is 0 Å². The molecule has 0 radical (unpaired) electrons. The van der Waals surface area contributed by atoms with Crippen LogP contribution < -0.4 is 5.73 Å². The van der Waals surface area contributed by atoms with Crippen LogP contribution in [0.3, 0.4) is 0 Å². The Morgan fingerprint density at radius 1 is 1.38 bits per heavy atom. The van der Waals surface area contributed by atoms with E-state index in [9.17, 15) is 0 Å². The highest BCUT2D eigenvalue weighted by atomic mass is 16.4. The summed E-state index contributed by atoms with van der Waals surface area (Å²) in [5, 5.41) is 11.8. The SMILES string of the molecule is C=C(/C=C\C)/C=C(\C)CC/C(=N\O)C(=C)N. The Bertz CT molecular complexity index is 349. The van der Waals surface area contributed by atoms with Gasteiger partial charge in [0.25, 0.3) is 0 Å². The largest absolute Gasteiger partial charge is 0.411 e. The highest BCUT2D eigenvalue weighted by Crippen LogP contribution is 2.10. The molecular formula is C13H20N2O. The average molecular weight is 220 g/mol. The zero-order valence-electron chi connectivity index (χ0n) is 10.0. The van der Waals surface area contributed by atoms with Crippen molar-refractivity contribution in [2.24, 2.45) is 10.9 Å². The van der Waals surface area contributed by atoms with Gasteiger partial charge in [-0.15, -0.1) is 0 Å². The molecule has 0 saturated carbocycles. The molecule has 0 aromatic rings. The minimum absolute atomic E-state index is 0.308. The predicted molar refractivity (Wildman–Crippen MR) is 69.5 cm³/mol. The predicted octanol–water partition coefficient (Wildman–Crippen LogP) is 3.15. The van der Waals surface area contributed by atoms with E-state index in [1.54, 1.807) is 0 Å². The number of hydrogen-bond acceptors (Lipinski definition) is 3. The molecule has 16 heavy (non-hydrogen) atoms. The van der Waals surface area contributed by atoms with Crippen LogP contribution >= 0.6 is 0 Å². The van der Waals surface area contributed by atoms with Crippen LogP contribution in [0.25, 0.3) is 0 Å². The van der Waals surface area contributed by atoms with Crippen LogP contribution in [0.4, 0.5) is 0 Å². The van der Waals surface area contributed by atoms with Gasteiger partial charge in [-0.2, -0.15) is 0 Å². The Morgan fingerprint density at radius 2 is 2.00 bits per heavy atom. The number of hydrogen-bond donors (Lipinski definition) is 2. The van der Waals surface area contributed by atoms with Gasteiger partial charge in [-0.25, -0.2) is 0 Å². The van der Waals surface area contributed by atoms with E-state index in [4.69, 9.17) is 10.9 Å². The normalized spacial score (nSPS) is 13.1. The first kappa shape index (κ1) is 14.2. The third-order valence-electron chi connectivity index (χ3n) is 2.06. The second kappa shape index (κ2) is 7.51. The Kier molecular flexibility index (Phi) is 6.68. The van der Waals surface area contributed by atoms with E-state index in [1.807, 2.05) is 32.1 Å². The molecule has 0 fully saturated rings. The van der Waals surface area contributed by atoms with Crippen molar-refractivity contribution in [3.8, 4) is 0 Å². The molecule has 0 amide bonds. The van der Waals surface area contributed by atoms with E-state index >= 15 is 0 Å². The fourth-order valence-corrected chi connectivity index (χ4v) is 1.24. The van der Waals surface area contributed by atoms with Crippen LogP contribution in [0.2, 0.25) is 0 Å². The number of nitrogens with zero attached hydrogens (tertiary/aromatic N) is 1. The van der Waals surface area contributed by atoms with Gasteiger partial charge in [0, 0.05) is 5.70 Å². The lowest BCUT2D eigenvalue weighted by atomic mass is 10.1. The lowest BCUT2D eigenvalue weighted by Gasteiger charge is -2.04. The van der Waals surface area contributed by atoms with Crippen molar-refractivity contribution in [3.63, 3.8) is 0 Å². The Morgan fingerprint density at radius 3 is 2.44 bits per heavy atom. The number of nitrogens with two attached hydrogens (primary N) is 1. The lowest BCUT2D eigenvalue weighted by molar-refractivity contribution is 0.318. The molecule has 3 N–H and O–H groups in total. The van der Waals surface area contributed by atoms with Crippen molar-refractivity contribution < 1.29 is 5.21 Å². The van der Waals surface area contributed by atoms with Crippen LogP contribution in [0, 0.1) is 0 Å². The molecular weight excluding hydrogens is 200 g/mol. The van der Waals surface area contributed by atoms with Gasteiger partial charge in [-0.3, -0.25) is 0 Å². The van der Waals surface area contributed by atoms with Gasteiger partial charge in [0.2, 0.25) is 0 Å². The molecule has 0 rings (SSSR count). The zero-order chi connectivity index (χ0) is 12.6. The molecule has 3 heteroatoms. The van der Waals surface area contributed by atoms with Crippen molar-refractivity contribution in [2.75, 3.05) is 0 Å². The number of oxime groups is 1. The average Bonchev–Trinajstić information content (AvgIpc) is 2.18. The summed E-state index contributed by atoms with van der Waals surface area (Å²) >= 11 is 0. The Balaban J connectivity index is 4.31. The zero-order valence-corrected chi connectivity index (χ0v) is 10.0. The highest BCUT2D eigenvalue weighted by molar-refractivity contribution is 5.98. The molecule has 0 aromatic heterocycles. The van der Waals surface area contributed by atoms with Crippen LogP contribution in [-0.2, 0) is 0 Å². The van der Waals surface area contributed by atoms with E-state index in [2.05, 4.69) is 18.3 Å². The Labute approximate surface area is 97.3 Å². The van der Waals surface area contributed by atoms with Crippen LogP contribution in [0.1, 0.15) is 26.7 Å². The molecule has 3 nitrogen and oxygen atoms in total. The van der Waals surface area contributed by atoms with Crippen molar-refractivity contribution >= 4 is 5.71 Å². The summed E-state index contributed by atoms with van der Waals surface area (Å²) in [5.41, 5.74) is 8.30. The Hall–Kier alpha value is -1.77. The third-order valence-corrected chi connectivity index (χ3v) is 2.06. The standard InChI is InChI=1S/C13H20N2O/c1-5-6-10(2)9-11(3)7-8-13(15-16)12(4)14/h5-6,9,16H,2,4,7-8,14H2,1,3H3/b6-5-,11-9+,15-13+. The summed E-state index contributed by atoms with van der Waals surface area (Å²) < 4.78 is 0. The van der Waals surface area contributed by atoms with Gasteiger partial charge in [0.1, 0.15) is 5.71 Å². The van der Waals surface area contributed by atoms with E-state index in [0.717, 1.165) is 17.6 Å². The molecule has 0 unspecified atom stereocenters. The maximum absolute atomic E-state index is 8.67. The monoisotopic (exact) mass is 220 g/mol. The topological polar surface area (TPSA) is 58.6 Å². The first-order valence-corrected chi connectivity index (χ1v) is 5.15. The fraction of sp³-hybridized carbons (Fsp3) is 0.308. The molecule has 0 aliphatic carbocycles. The summed E-state index contributed by atoms with van der Waals surface area (Å²) in [6.07, 6.45) is 7.22. The minimum atomic E-state index is 0.308. The van der Waals surface area contributed by atoms with Gasteiger partial charge in [0.05, 0.1) is 0 Å². The lowest BCUT2D eigenvalue weighted by Crippen LogP contribution is -2.10. The number of rotatable bonds is 6. The smallest absolute Gasteiger partial charge is 0.102 e. The van der Waals surface area contributed by atoms with E-state index in [0.29, 0.717) is 17.8 Å². The summed E-state index contributed by atoms with van der Waals surface area (Å²) in [6, 6.07) is 0. The number of allylic oxidation sites excluding steroid dienone is 6. The summed E-state index contributed by atoms with van der Waals surface area (Å²) in [5.74, 6) is 0. The van der Waals surface area contributed by atoms with E-state index < -0.39 is 0 Å². The molecule has 88 valence electrons. The maximum Gasteiger partial charge on any atom is 0.102 e. The summed E-state index contributed by atoms with van der Waals surface area (Å²) in [4.78, 5) is 0. The molecule has 0 spiro atoms. The van der Waals surface area contributed by atoms with Gasteiger partial charge < -0.3 is 10.9 Å². The summed E-state index contributed by atoms with van der Waals surface area (Å²) in [7, 11) is 0. The molecule has 0 bridgehead atoms. The van der Waals surface area contributed by atoms with E-state index in [1.165, 1.54) is 0 Å². The second-order valence-corrected chi connectivity index (χ2v) is 3.64. The van der Waals surface area contributed by atoms with E-state index in [-0.39, 0.29) is 0 Å². The first-order chi connectivity index (χ1) is 7.51. The molecule has 0 aromatic carbocycles. The highest BCUT2D eigenvalue weighted by Gasteiger charge is 2.02. The third kappa shape index (κ3) is 5.86. The maximum atomic E-state index is 8.67. The minimum Gasteiger partial charge on any atom is -0.411 e. The van der Waals surface area contributed by atoms with Crippen LogP contribution in [0.15, 0.2) is 53.4 Å². The van der Waals surface area contributed by atoms with Gasteiger partial charge in [-0.1, -0.05) is 42.1 Å². The molecule has 0 atom stereocenters. The van der Waals surface area contributed by atoms with Crippen molar-refractivity contribution in [3.05, 3.63) is 48.2 Å². The molecule has 0 saturated heterocycles.